The second-order valence-electron chi connectivity index (χ2n) is 8.97. The van der Waals surface area contributed by atoms with E-state index in [4.69, 9.17) is 24.5 Å². The minimum absolute atomic E-state index is 0.180. The smallest absolute Gasteiger partial charge is 0.475 e. The predicted octanol–water partition coefficient (Wildman–Crippen LogP) is 3.24. The molecule has 15 heteroatoms. The van der Waals surface area contributed by atoms with E-state index in [1.807, 2.05) is 23.1 Å². The number of aliphatic carboxylic acids is 2. The summed E-state index contributed by atoms with van der Waals surface area (Å²) in [5.41, 5.74) is 0.846. The number of ether oxygens (including phenoxy) is 1. The number of pyridine rings is 1. The van der Waals surface area contributed by atoms with Gasteiger partial charge in [0.15, 0.2) is 0 Å². The second-order valence-corrected chi connectivity index (χ2v) is 8.97. The molecule has 2 fully saturated rings. The van der Waals surface area contributed by atoms with Gasteiger partial charge < -0.3 is 19.8 Å². The van der Waals surface area contributed by atoms with Crippen molar-refractivity contribution in [3.63, 3.8) is 0 Å². The number of fused-ring (bicyclic) bond motifs is 1. The van der Waals surface area contributed by atoms with Crippen LogP contribution in [0.15, 0.2) is 24.4 Å². The Balaban J connectivity index is 0.000000426. The molecule has 0 radical (unpaired) electrons. The van der Waals surface area contributed by atoms with E-state index in [0.29, 0.717) is 18.4 Å². The van der Waals surface area contributed by atoms with E-state index in [1.54, 1.807) is 6.20 Å². The van der Waals surface area contributed by atoms with E-state index in [0.717, 1.165) is 38.2 Å². The lowest BCUT2D eigenvalue weighted by molar-refractivity contribution is -0.193. The standard InChI is InChI=1S/C19H29N3O2.2C2HF3O2/c1-14(2)21(3)17-13-22(12-15-7-6-10-24-19(15)17)18(23)11-16-8-4-5-9-20-16;2*3-2(4,5)1(6)7/h4-5,8-9,14-15,17,19H,6-7,10-13H2,1-3H3;2*(H,6,7)/t15-,17+,19-;;/m0../s1. The lowest BCUT2D eigenvalue weighted by Gasteiger charge is -2.49. The Bertz CT molecular complexity index is 889. The Morgan fingerprint density at radius 1 is 1.08 bits per heavy atom. The minimum Gasteiger partial charge on any atom is -0.475 e. The molecule has 9 nitrogen and oxygen atoms in total. The number of likely N-dealkylation sites (N-methyl/N-ethyl adjacent to an activating group) is 1. The van der Waals surface area contributed by atoms with Crippen LogP contribution >= 0.6 is 0 Å². The molecular weight excluding hydrogens is 528 g/mol. The fourth-order valence-corrected chi connectivity index (χ4v) is 3.89. The third-order valence-corrected chi connectivity index (χ3v) is 5.97. The summed E-state index contributed by atoms with van der Waals surface area (Å²) in [6, 6.07) is 6.45. The van der Waals surface area contributed by atoms with Gasteiger partial charge in [0.05, 0.1) is 18.6 Å². The van der Waals surface area contributed by atoms with Gasteiger partial charge in [-0.2, -0.15) is 26.3 Å². The number of aromatic nitrogens is 1. The second kappa shape index (κ2) is 14.3. The van der Waals surface area contributed by atoms with Gasteiger partial charge in [0, 0.05) is 43.5 Å². The Morgan fingerprint density at radius 3 is 2.08 bits per heavy atom. The lowest BCUT2D eigenvalue weighted by Crippen LogP contribution is -2.62. The molecule has 0 bridgehead atoms. The highest BCUT2D eigenvalue weighted by Gasteiger charge is 2.43. The Kier molecular flexibility index (Phi) is 12.4. The third kappa shape index (κ3) is 10.8. The number of amides is 1. The summed E-state index contributed by atoms with van der Waals surface area (Å²) in [6.45, 7) is 6.82. The molecule has 3 heterocycles. The SMILES string of the molecule is CC(C)N(C)[C@@H]1CN(C(=O)Cc2ccccn2)C[C@@H]2CCCO[C@@H]21.O=C(O)C(F)(F)F.O=C(O)C(F)(F)F. The summed E-state index contributed by atoms with van der Waals surface area (Å²) in [5.74, 6) is -4.88. The fourth-order valence-electron chi connectivity index (χ4n) is 3.89. The van der Waals surface area contributed by atoms with Gasteiger partial charge in [-0.25, -0.2) is 9.59 Å². The highest BCUT2D eigenvalue weighted by atomic mass is 19.4. The van der Waals surface area contributed by atoms with E-state index < -0.39 is 24.3 Å². The lowest BCUT2D eigenvalue weighted by atomic mass is 9.84. The van der Waals surface area contributed by atoms with Crippen LogP contribution in [0.2, 0.25) is 0 Å². The molecule has 2 aliphatic heterocycles. The molecule has 38 heavy (non-hydrogen) atoms. The number of carbonyl (C=O) groups is 3. The van der Waals surface area contributed by atoms with Crippen LogP contribution in [-0.4, -0.2) is 100 Å². The zero-order chi connectivity index (χ0) is 29.3. The first kappa shape index (κ1) is 33.1. The predicted molar refractivity (Wildman–Crippen MR) is 121 cm³/mol. The van der Waals surface area contributed by atoms with Crippen molar-refractivity contribution in [1.82, 2.24) is 14.8 Å². The molecule has 3 rings (SSSR count). The van der Waals surface area contributed by atoms with Crippen molar-refractivity contribution in [2.45, 2.75) is 63.7 Å². The van der Waals surface area contributed by atoms with Crippen LogP contribution in [-0.2, 0) is 25.5 Å². The maximum atomic E-state index is 12.8. The summed E-state index contributed by atoms with van der Waals surface area (Å²) >= 11 is 0. The maximum absolute atomic E-state index is 12.8. The van der Waals surface area contributed by atoms with Gasteiger partial charge in [0.25, 0.3) is 0 Å². The van der Waals surface area contributed by atoms with E-state index in [9.17, 15) is 31.1 Å². The summed E-state index contributed by atoms with van der Waals surface area (Å²) in [5, 5.41) is 14.2. The van der Waals surface area contributed by atoms with Crippen LogP contribution in [0.25, 0.3) is 0 Å². The molecule has 2 N–H and O–H groups in total. The summed E-state index contributed by atoms with van der Waals surface area (Å²) < 4.78 is 69.6. The van der Waals surface area contributed by atoms with Crippen molar-refractivity contribution in [2.24, 2.45) is 5.92 Å². The van der Waals surface area contributed by atoms with Gasteiger partial charge in [0.1, 0.15) is 0 Å². The van der Waals surface area contributed by atoms with E-state index >= 15 is 0 Å². The number of alkyl halides is 6. The summed E-state index contributed by atoms with van der Waals surface area (Å²) in [6.07, 6.45) is -5.52. The molecule has 3 atom stereocenters. The minimum atomic E-state index is -5.08. The van der Waals surface area contributed by atoms with Crippen LogP contribution in [0.4, 0.5) is 26.3 Å². The average Bonchev–Trinajstić information content (AvgIpc) is 2.83. The largest absolute Gasteiger partial charge is 0.490 e. The molecule has 2 saturated heterocycles. The van der Waals surface area contributed by atoms with Crippen LogP contribution in [0.5, 0.6) is 0 Å². The number of carboxylic acids is 2. The van der Waals surface area contributed by atoms with Crippen LogP contribution < -0.4 is 0 Å². The highest BCUT2D eigenvalue weighted by molar-refractivity contribution is 5.78. The van der Waals surface area contributed by atoms with Crippen molar-refractivity contribution in [3.8, 4) is 0 Å². The molecule has 0 saturated carbocycles. The molecule has 1 aromatic rings. The van der Waals surface area contributed by atoms with Gasteiger partial charge in [-0.3, -0.25) is 14.7 Å². The van der Waals surface area contributed by atoms with Gasteiger partial charge in [0.2, 0.25) is 5.91 Å². The van der Waals surface area contributed by atoms with E-state index in [-0.39, 0.29) is 18.1 Å². The Labute approximate surface area is 215 Å². The number of carboxylic acid groups (broad SMARTS) is 2. The zero-order valence-electron chi connectivity index (χ0n) is 21.0. The number of carbonyl (C=O) groups excluding carboxylic acids is 1. The van der Waals surface area contributed by atoms with E-state index in [1.165, 1.54) is 0 Å². The average molecular weight is 560 g/mol. The van der Waals surface area contributed by atoms with Gasteiger partial charge in [-0.1, -0.05) is 6.07 Å². The monoisotopic (exact) mass is 559 g/mol. The van der Waals surface area contributed by atoms with Crippen molar-refractivity contribution in [3.05, 3.63) is 30.1 Å². The Morgan fingerprint density at radius 2 is 1.63 bits per heavy atom. The highest BCUT2D eigenvalue weighted by Crippen LogP contribution is 2.31. The fraction of sp³-hybridized carbons (Fsp3) is 0.652. The maximum Gasteiger partial charge on any atom is 0.490 e. The van der Waals surface area contributed by atoms with E-state index in [2.05, 4.69) is 30.8 Å². The van der Waals surface area contributed by atoms with Crippen molar-refractivity contribution in [1.29, 1.82) is 0 Å². The molecule has 0 aromatic carbocycles. The molecule has 0 aliphatic carbocycles. The first-order valence-electron chi connectivity index (χ1n) is 11.6. The normalized spacial score (nSPS) is 21.4. The Hall–Kier alpha value is -2.94. The number of halogens is 6. The topological polar surface area (TPSA) is 120 Å². The van der Waals surface area contributed by atoms with Crippen LogP contribution in [0.1, 0.15) is 32.4 Å². The van der Waals surface area contributed by atoms with Gasteiger partial charge in [-0.15, -0.1) is 0 Å². The molecule has 1 amide bonds. The van der Waals surface area contributed by atoms with Crippen molar-refractivity contribution >= 4 is 17.8 Å². The van der Waals surface area contributed by atoms with Crippen molar-refractivity contribution < 1.29 is 55.7 Å². The summed E-state index contributed by atoms with van der Waals surface area (Å²) in [4.78, 5) is 39.3. The number of hydrogen-bond acceptors (Lipinski definition) is 6. The molecular formula is C23H31F6N3O6. The first-order valence-corrected chi connectivity index (χ1v) is 11.6. The van der Waals surface area contributed by atoms with Crippen molar-refractivity contribution in [2.75, 3.05) is 26.7 Å². The summed E-state index contributed by atoms with van der Waals surface area (Å²) in [7, 11) is 2.15. The number of hydrogen-bond donors (Lipinski definition) is 2. The quantitative estimate of drug-likeness (QED) is 0.540. The molecule has 216 valence electrons. The van der Waals surface area contributed by atoms with Gasteiger partial charge in [-0.05, 0) is 45.9 Å². The molecule has 2 aliphatic rings. The zero-order valence-corrected chi connectivity index (χ0v) is 21.0. The number of nitrogens with zero attached hydrogens (tertiary/aromatic N) is 3. The molecule has 1 aromatic heterocycles. The molecule has 0 spiro atoms. The third-order valence-electron chi connectivity index (χ3n) is 5.97. The molecule has 0 unspecified atom stereocenters. The van der Waals surface area contributed by atoms with Crippen LogP contribution in [0, 0.1) is 5.92 Å². The number of likely N-dealkylation sites (tertiary alicyclic amines) is 1. The van der Waals surface area contributed by atoms with Gasteiger partial charge >= 0.3 is 24.3 Å². The number of rotatable bonds is 4. The number of piperidine rings is 1. The van der Waals surface area contributed by atoms with Crippen LogP contribution in [0.3, 0.4) is 0 Å². The first-order chi connectivity index (χ1) is 17.4.